The maximum Gasteiger partial charge on any atom is 0.273 e. The lowest BCUT2D eigenvalue weighted by atomic mass is 10.1. The van der Waals surface area contributed by atoms with Gasteiger partial charge in [-0.2, -0.15) is 0 Å². The van der Waals surface area contributed by atoms with E-state index >= 15 is 0 Å². The fourth-order valence-electron chi connectivity index (χ4n) is 4.48. The number of amides is 1. The number of carbonyl (C=O) groups excluding carboxylic acids is 1. The lowest BCUT2D eigenvalue weighted by molar-refractivity contribution is 0.102. The number of halogens is 3. The van der Waals surface area contributed by atoms with Crippen LogP contribution >= 0.6 is 0 Å². The topological polar surface area (TPSA) is 82.1 Å². The Morgan fingerprint density at radius 2 is 1.68 bits per heavy atom. The highest BCUT2D eigenvalue weighted by Crippen LogP contribution is 2.32. The van der Waals surface area contributed by atoms with Gasteiger partial charge in [0.05, 0.1) is 29.6 Å². The molecule has 0 saturated carbocycles. The highest BCUT2D eigenvalue weighted by Gasteiger charge is 2.24. The van der Waals surface area contributed by atoms with Crippen LogP contribution in [0.3, 0.4) is 0 Å². The molecule has 1 fully saturated rings. The highest BCUT2D eigenvalue weighted by atomic mass is 19.2. The van der Waals surface area contributed by atoms with Crippen molar-refractivity contribution in [3.8, 4) is 22.8 Å². The molecule has 198 valence electrons. The monoisotopic (exact) mass is 523 g/mol. The summed E-state index contributed by atoms with van der Waals surface area (Å²) in [5.41, 5.74) is 1.83. The number of aromatic nitrogens is 4. The Kier molecular flexibility index (Phi) is 6.94. The van der Waals surface area contributed by atoms with Gasteiger partial charge in [0.1, 0.15) is 17.2 Å². The minimum atomic E-state index is -1.12. The second-order valence-electron chi connectivity index (χ2n) is 9.60. The first-order valence-corrected chi connectivity index (χ1v) is 12.3. The smallest absolute Gasteiger partial charge is 0.273 e. The molecule has 8 nitrogen and oxygen atoms in total. The van der Waals surface area contributed by atoms with E-state index in [2.05, 4.69) is 25.2 Å². The quantitative estimate of drug-likeness (QED) is 0.374. The first kappa shape index (κ1) is 25.5. The molecule has 0 unspecified atom stereocenters. The molecule has 2 aromatic heterocycles. The lowest BCUT2D eigenvalue weighted by Gasteiger charge is -2.34. The fraction of sp³-hybridized carbons (Fsp3) is 0.296. The van der Waals surface area contributed by atoms with Crippen molar-refractivity contribution in [2.75, 3.05) is 43.4 Å². The molecule has 1 amide bonds. The van der Waals surface area contributed by atoms with Crippen molar-refractivity contribution in [3.63, 3.8) is 0 Å². The SMILES string of the molecule is CC(C)n1cnc(-c2ccc(F)cc2)c1-c1ncc(C(=O)Nc2ccc(N3CCN(C)CC3)c(F)c2F)[nH]1. The van der Waals surface area contributed by atoms with Crippen molar-refractivity contribution in [2.45, 2.75) is 19.9 Å². The molecule has 0 radical (unpaired) electrons. The summed E-state index contributed by atoms with van der Waals surface area (Å²) < 4.78 is 45.2. The molecule has 11 heteroatoms. The molecule has 0 aliphatic carbocycles. The summed E-state index contributed by atoms with van der Waals surface area (Å²) in [5.74, 6) is -2.80. The molecule has 2 aromatic carbocycles. The summed E-state index contributed by atoms with van der Waals surface area (Å²) in [6.45, 7) is 6.62. The number of hydrogen-bond acceptors (Lipinski definition) is 5. The molecular formula is C27H28F3N7O. The van der Waals surface area contributed by atoms with Gasteiger partial charge >= 0.3 is 0 Å². The minimum Gasteiger partial charge on any atom is -0.367 e. The number of carbonyl (C=O) groups is 1. The Hall–Kier alpha value is -4.12. The lowest BCUT2D eigenvalue weighted by Crippen LogP contribution is -2.44. The fourth-order valence-corrected chi connectivity index (χ4v) is 4.48. The van der Waals surface area contributed by atoms with Crippen LogP contribution in [-0.2, 0) is 0 Å². The van der Waals surface area contributed by atoms with Crippen LogP contribution in [0.5, 0.6) is 0 Å². The average molecular weight is 524 g/mol. The number of imidazole rings is 2. The number of rotatable bonds is 6. The zero-order valence-corrected chi connectivity index (χ0v) is 21.3. The number of piperazine rings is 1. The van der Waals surface area contributed by atoms with Gasteiger partial charge < -0.3 is 24.7 Å². The molecular weight excluding hydrogens is 495 g/mol. The summed E-state index contributed by atoms with van der Waals surface area (Å²) in [6, 6.07) is 8.78. The van der Waals surface area contributed by atoms with Gasteiger partial charge in [-0.25, -0.2) is 23.1 Å². The predicted molar refractivity (Wildman–Crippen MR) is 140 cm³/mol. The predicted octanol–water partition coefficient (Wildman–Crippen LogP) is 4.94. The number of benzene rings is 2. The number of anilines is 2. The van der Waals surface area contributed by atoms with Gasteiger partial charge in [-0.15, -0.1) is 0 Å². The van der Waals surface area contributed by atoms with E-state index in [0.29, 0.717) is 35.9 Å². The van der Waals surface area contributed by atoms with Crippen molar-refractivity contribution < 1.29 is 18.0 Å². The molecule has 1 aliphatic heterocycles. The average Bonchev–Trinajstić information content (AvgIpc) is 3.56. The standard InChI is InChI=1S/C27H28F3N7O/c1-16(2)37-15-32-24(17-4-6-18(28)7-5-17)25(37)26-31-14-20(33-26)27(38)34-19-8-9-21(23(30)22(19)29)36-12-10-35(3)11-13-36/h4-9,14-16H,10-13H2,1-3H3,(H,31,33)(H,34,38). The molecule has 38 heavy (non-hydrogen) atoms. The maximum atomic E-state index is 14.9. The maximum absolute atomic E-state index is 14.9. The van der Waals surface area contributed by atoms with Crippen LogP contribution in [0.25, 0.3) is 22.8 Å². The number of hydrogen-bond donors (Lipinski definition) is 2. The summed E-state index contributed by atoms with van der Waals surface area (Å²) in [5, 5.41) is 2.44. The molecule has 0 spiro atoms. The van der Waals surface area contributed by atoms with Gasteiger partial charge in [0.15, 0.2) is 17.5 Å². The molecule has 0 bridgehead atoms. The van der Waals surface area contributed by atoms with E-state index in [-0.39, 0.29) is 28.9 Å². The zero-order chi connectivity index (χ0) is 27.0. The Morgan fingerprint density at radius 3 is 2.37 bits per heavy atom. The molecule has 2 N–H and O–H groups in total. The first-order valence-electron chi connectivity index (χ1n) is 12.3. The third-order valence-electron chi connectivity index (χ3n) is 6.67. The van der Waals surface area contributed by atoms with Crippen LogP contribution in [0.15, 0.2) is 48.9 Å². The number of likely N-dealkylation sites (N-methyl/N-ethyl adjacent to an activating group) is 1. The van der Waals surface area contributed by atoms with Gasteiger partial charge in [-0.1, -0.05) is 0 Å². The van der Waals surface area contributed by atoms with E-state index < -0.39 is 17.5 Å². The first-order chi connectivity index (χ1) is 18.2. The van der Waals surface area contributed by atoms with Crippen molar-refractivity contribution in [3.05, 3.63) is 72.1 Å². The van der Waals surface area contributed by atoms with Crippen LogP contribution in [0.4, 0.5) is 24.5 Å². The van der Waals surface area contributed by atoms with Crippen molar-refractivity contribution >= 4 is 17.3 Å². The largest absolute Gasteiger partial charge is 0.367 e. The molecule has 0 atom stereocenters. The minimum absolute atomic E-state index is 0.0185. The third kappa shape index (κ3) is 4.89. The summed E-state index contributed by atoms with van der Waals surface area (Å²) in [6.07, 6.45) is 2.98. The summed E-state index contributed by atoms with van der Waals surface area (Å²) in [4.78, 5) is 28.7. The Balaban J connectivity index is 1.40. The molecule has 1 saturated heterocycles. The van der Waals surface area contributed by atoms with E-state index in [9.17, 15) is 18.0 Å². The van der Waals surface area contributed by atoms with Gasteiger partial charge in [0.2, 0.25) is 0 Å². The Bertz CT molecular complexity index is 1450. The van der Waals surface area contributed by atoms with E-state index in [0.717, 1.165) is 13.1 Å². The number of nitrogens with zero attached hydrogens (tertiary/aromatic N) is 5. The van der Waals surface area contributed by atoms with E-state index in [1.165, 1.54) is 30.5 Å². The molecule has 4 aromatic rings. The van der Waals surface area contributed by atoms with Gasteiger partial charge in [-0.05, 0) is 57.3 Å². The number of nitrogens with one attached hydrogen (secondary N) is 2. The zero-order valence-electron chi connectivity index (χ0n) is 21.3. The van der Waals surface area contributed by atoms with Crippen molar-refractivity contribution in [2.24, 2.45) is 0 Å². The number of H-pyrrole nitrogens is 1. The van der Waals surface area contributed by atoms with E-state index in [4.69, 9.17) is 0 Å². The Labute approximate surface area is 218 Å². The van der Waals surface area contributed by atoms with Crippen LogP contribution in [0, 0.1) is 17.5 Å². The third-order valence-corrected chi connectivity index (χ3v) is 6.67. The number of aromatic amines is 1. The van der Waals surface area contributed by atoms with E-state index in [1.807, 2.05) is 25.5 Å². The highest BCUT2D eigenvalue weighted by molar-refractivity contribution is 6.03. The summed E-state index contributed by atoms with van der Waals surface area (Å²) in [7, 11) is 1.98. The van der Waals surface area contributed by atoms with Crippen LogP contribution < -0.4 is 10.2 Å². The second kappa shape index (κ2) is 10.3. The molecule has 5 rings (SSSR count). The van der Waals surface area contributed by atoms with Gasteiger partial charge in [0, 0.05) is 37.8 Å². The molecule has 1 aliphatic rings. The summed E-state index contributed by atoms with van der Waals surface area (Å²) >= 11 is 0. The van der Waals surface area contributed by atoms with Crippen LogP contribution in [0.1, 0.15) is 30.4 Å². The molecule has 3 heterocycles. The van der Waals surface area contributed by atoms with Gasteiger partial charge in [-0.3, -0.25) is 4.79 Å². The Morgan fingerprint density at radius 1 is 0.974 bits per heavy atom. The van der Waals surface area contributed by atoms with Gasteiger partial charge in [0.25, 0.3) is 5.91 Å². The van der Waals surface area contributed by atoms with Crippen molar-refractivity contribution in [1.29, 1.82) is 0 Å². The normalized spacial score (nSPS) is 14.3. The van der Waals surface area contributed by atoms with Crippen LogP contribution in [-0.4, -0.2) is 63.6 Å². The van der Waals surface area contributed by atoms with E-state index in [1.54, 1.807) is 23.4 Å². The van der Waals surface area contributed by atoms with Crippen LogP contribution in [0.2, 0.25) is 0 Å². The van der Waals surface area contributed by atoms with Crippen molar-refractivity contribution in [1.82, 2.24) is 24.4 Å². The second-order valence-corrected chi connectivity index (χ2v) is 9.60.